The Morgan fingerprint density at radius 1 is 1.62 bits per heavy atom. The number of carboxylic acid groups (broad SMARTS) is 1. The van der Waals surface area contributed by atoms with Crippen LogP contribution in [0.4, 0.5) is 0 Å². The predicted octanol–water partition coefficient (Wildman–Crippen LogP) is 1.83. The van der Waals surface area contributed by atoms with Crippen molar-refractivity contribution in [1.29, 1.82) is 0 Å². The molecule has 1 aliphatic heterocycles. The number of carbonyl (C=O) groups is 1. The van der Waals surface area contributed by atoms with E-state index in [1.165, 1.54) is 0 Å². The maximum atomic E-state index is 10.4. The molecule has 0 aromatic rings. The van der Waals surface area contributed by atoms with Gasteiger partial charge in [0.15, 0.2) is 0 Å². The topological polar surface area (TPSA) is 46.5 Å². The number of rotatable bonds is 5. The molecule has 1 aliphatic rings. The summed E-state index contributed by atoms with van der Waals surface area (Å²) in [4.78, 5) is 10.4. The number of hydrogen-bond acceptors (Lipinski definition) is 2. The largest absolute Gasteiger partial charge is 0.478 e. The minimum Gasteiger partial charge on any atom is -0.478 e. The summed E-state index contributed by atoms with van der Waals surface area (Å²) in [6.07, 6.45) is 2.51. The molecule has 0 aliphatic carbocycles. The molecule has 0 radical (unpaired) electrons. The normalized spacial score (nSPS) is 19.2. The molecule has 0 bridgehead atoms. The third-order valence-corrected chi connectivity index (χ3v) is 2.46. The Morgan fingerprint density at radius 2 is 2.23 bits per heavy atom. The van der Waals surface area contributed by atoms with Crippen LogP contribution in [0.1, 0.15) is 26.2 Å². The highest BCUT2D eigenvalue weighted by molar-refractivity contribution is 5.85. The van der Waals surface area contributed by atoms with Crippen molar-refractivity contribution >= 4 is 5.97 Å². The molecule has 0 unspecified atom stereocenters. The van der Waals surface area contributed by atoms with Crippen LogP contribution >= 0.6 is 0 Å². The van der Waals surface area contributed by atoms with E-state index >= 15 is 0 Å². The molecule has 0 amide bonds. The summed E-state index contributed by atoms with van der Waals surface area (Å²) in [5, 5.41) is 8.56. The minimum atomic E-state index is -0.880. The molecule has 0 aromatic heterocycles. The molecule has 1 fully saturated rings. The molecular formula is C10H16O3. The zero-order valence-electron chi connectivity index (χ0n) is 8.01. The van der Waals surface area contributed by atoms with Gasteiger partial charge in [-0.05, 0) is 19.3 Å². The number of ether oxygens (including phenoxy) is 1. The standard InChI is InChI=1S/C10H16O3/c1-8(9(11)12)4-3-5-10(2)6-13-7-10/h1,3-7H2,2H3,(H,11,12). The van der Waals surface area contributed by atoms with Gasteiger partial charge in [-0.3, -0.25) is 0 Å². The highest BCUT2D eigenvalue weighted by Gasteiger charge is 2.32. The average molecular weight is 184 g/mol. The van der Waals surface area contributed by atoms with Crippen molar-refractivity contribution < 1.29 is 14.6 Å². The van der Waals surface area contributed by atoms with Gasteiger partial charge in [-0.2, -0.15) is 0 Å². The summed E-state index contributed by atoms with van der Waals surface area (Å²) < 4.78 is 5.10. The average Bonchev–Trinajstić information content (AvgIpc) is 2.01. The summed E-state index contributed by atoms with van der Waals surface area (Å²) in [5.41, 5.74) is 0.600. The molecule has 74 valence electrons. The van der Waals surface area contributed by atoms with Gasteiger partial charge < -0.3 is 9.84 Å². The number of hydrogen-bond donors (Lipinski definition) is 1. The fraction of sp³-hybridized carbons (Fsp3) is 0.700. The summed E-state index contributed by atoms with van der Waals surface area (Å²) in [6.45, 7) is 7.28. The molecule has 1 N–H and O–H groups in total. The number of aliphatic carboxylic acids is 1. The van der Waals surface area contributed by atoms with Crippen LogP contribution in [-0.4, -0.2) is 24.3 Å². The SMILES string of the molecule is C=C(CCCC1(C)COC1)C(=O)O. The Kier molecular flexibility index (Phi) is 3.09. The first-order valence-electron chi connectivity index (χ1n) is 4.52. The predicted molar refractivity (Wildman–Crippen MR) is 49.6 cm³/mol. The van der Waals surface area contributed by atoms with Gasteiger partial charge in [-0.15, -0.1) is 0 Å². The highest BCUT2D eigenvalue weighted by Crippen LogP contribution is 2.32. The van der Waals surface area contributed by atoms with Gasteiger partial charge >= 0.3 is 5.97 Å². The van der Waals surface area contributed by atoms with E-state index in [1.807, 2.05) is 0 Å². The first kappa shape index (κ1) is 10.3. The Bertz CT molecular complexity index is 216. The van der Waals surface area contributed by atoms with Gasteiger partial charge in [0.05, 0.1) is 13.2 Å². The van der Waals surface area contributed by atoms with Gasteiger partial charge in [-0.1, -0.05) is 13.5 Å². The van der Waals surface area contributed by atoms with E-state index in [0.29, 0.717) is 17.4 Å². The van der Waals surface area contributed by atoms with Crippen molar-refractivity contribution in [2.24, 2.45) is 5.41 Å². The molecular weight excluding hydrogens is 168 g/mol. The maximum Gasteiger partial charge on any atom is 0.330 e. The van der Waals surface area contributed by atoms with Crippen molar-refractivity contribution in [2.75, 3.05) is 13.2 Å². The second-order valence-corrected chi connectivity index (χ2v) is 4.07. The first-order chi connectivity index (χ1) is 6.03. The summed E-state index contributed by atoms with van der Waals surface area (Å²) in [5.74, 6) is -0.880. The smallest absolute Gasteiger partial charge is 0.330 e. The summed E-state index contributed by atoms with van der Waals surface area (Å²) >= 11 is 0. The van der Waals surface area contributed by atoms with Crippen molar-refractivity contribution in [3.05, 3.63) is 12.2 Å². The summed E-state index contributed by atoms with van der Waals surface area (Å²) in [6, 6.07) is 0. The van der Waals surface area contributed by atoms with Crippen molar-refractivity contribution in [3.63, 3.8) is 0 Å². The van der Waals surface area contributed by atoms with Gasteiger partial charge in [-0.25, -0.2) is 4.79 Å². The van der Waals surface area contributed by atoms with E-state index in [9.17, 15) is 4.79 Å². The van der Waals surface area contributed by atoms with Crippen LogP contribution in [0.2, 0.25) is 0 Å². The van der Waals surface area contributed by atoms with Gasteiger partial charge in [0.25, 0.3) is 0 Å². The zero-order chi connectivity index (χ0) is 9.90. The molecule has 3 heteroatoms. The Labute approximate surface area is 78.4 Å². The quantitative estimate of drug-likeness (QED) is 0.663. The highest BCUT2D eigenvalue weighted by atomic mass is 16.5. The molecule has 0 atom stereocenters. The fourth-order valence-electron chi connectivity index (χ4n) is 1.43. The molecule has 1 rings (SSSR count). The Balaban J connectivity index is 2.13. The minimum absolute atomic E-state index is 0.290. The second kappa shape index (κ2) is 3.92. The van der Waals surface area contributed by atoms with Crippen molar-refractivity contribution in [1.82, 2.24) is 0 Å². The van der Waals surface area contributed by atoms with E-state index in [-0.39, 0.29) is 0 Å². The monoisotopic (exact) mass is 184 g/mol. The van der Waals surface area contributed by atoms with Crippen LogP contribution in [0.5, 0.6) is 0 Å². The molecule has 3 nitrogen and oxygen atoms in total. The van der Waals surface area contributed by atoms with E-state index in [2.05, 4.69) is 13.5 Å². The lowest BCUT2D eigenvalue weighted by molar-refractivity contribution is -0.132. The first-order valence-corrected chi connectivity index (χ1v) is 4.52. The Hall–Kier alpha value is -0.830. The third-order valence-electron chi connectivity index (χ3n) is 2.46. The lowest BCUT2D eigenvalue weighted by Crippen LogP contribution is -2.39. The molecule has 13 heavy (non-hydrogen) atoms. The number of carboxylic acids is 1. The van der Waals surface area contributed by atoms with Crippen LogP contribution < -0.4 is 0 Å². The van der Waals surface area contributed by atoms with Crippen LogP contribution in [0.3, 0.4) is 0 Å². The van der Waals surface area contributed by atoms with Crippen molar-refractivity contribution in [2.45, 2.75) is 26.2 Å². The molecule has 0 spiro atoms. The molecule has 0 aromatic carbocycles. The lowest BCUT2D eigenvalue weighted by atomic mass is 9.83. The van der Waals surface area contributed by atoms with Gasteiger partial charge in [0, 0.05) is 11.0 Å². The third kappa shape index (κ3) is 2.84. The lowest BCUT2D eigenvalue weighted by Gasteiger charge is -2.38. The van der Waals surface area contributed by atoms with E-state index in [0.717, 1.165) is 26.1 Å². The van der Waals surface area contributed by atoms with Gasteiger partial charge in [0.1, 0.15) is 0 Å². The molecule has 1 heterocycles. The van der Waals surface area contributed by atoms with Crippen LogP contribution in [0, 0.1) is 5.41 Å². The molecule has 0 saturated carbocycles. The van der Waals surface area contributed by atoms with E-state index in [4.69, 9.17) is 9.84 Å². The van der Waals surface area contributed by atoms with Crippen molar-refractivity contribution in [3.8, 4) is 0 Å². The van der Waals surface area contributed by atoms with Crippen LogP contribution in [0.15, 0.2) is 12.2 Å². The Morgan fingerprint density at radius 3 is 2.62 bits per heavy atom. The van der Waals surface area contributed by atoms with E-state index < -0.39 is 5.97 Å². The zero-order valence-corrected chi connectivity index (χ0v) is 8.01. The molecule has 1 saturated heterocycles. The van der Waals surface area contributed by atoms with Gasteiger partial charge in [0.2, 0.25) is 0 Å². The second-order valence-electron chi connectivity index (χ2n) is 4.07. The van der Waals surface area contributed by atoms with Crippen LogP contribution in [0.25, 0.3) is 0 Å². The fourth-order valence-corrected chi connectivity index (χ4v) is 1.43. The van der Waals surface area contributed by atoms with E-state index in [1.54, 1.807) is 0 Å². The summed E-state index contributed by atoms with van der Waals surface area (Å²) in [7, 11) is 0. The maximum absolute atomic E-state index is 10.4. The van der Waals surface area contributed by atoms with Crippen LogP contribution in [-0.2, 0) is 9.53 Å².